The molecule has 42 heavy (non-hydrogen) atoms. The normalized spacial score (nSPS) is 15.6. The van der Waals surface area contributed by atoms with Crippen LogP contribution in [0.25, 0.3) is 22.5 Å². The van der Waals surface area contributed by atoms with Gasteiger partial charge < -0.3 is 19.6 Å². The van der Waals surface area contributed by atoms with E-state index in [-0.39, 0.29) is 10.2 Å². The second kappa shape index (κ2) is 12.5. The first-order chi connectivity index (χ1) is 20.0. The Hall–Kier alpha value is -3.39. The maximum Gasteiger partial charge on any atom is 0.573 e. The van der Waals surface area contributed by atoms with Gasteiger partial charge in [0.1, 0.15) is 4.90 Å². The van der Waals surface area contributed by atoms with Crippen LogP contribution in [0.2, 0.25) is 0 Å². The predicted octanol–water partition coefficient (Wildman–Crippen LogP) is 5.91. The van der Waals surface area contributed by atoms with E-state index < -0.39 is 27.1 Å². The minimum Gasteiger partial charge on any atom is -0.404 e. The minimum atomic E-state index is -5.11. The van der Waals surface area contributed by atoms with Gasteiger partial charge in [-0.25, -0.2) is 0 Å². The van der Waals surface area contributed by atoms with Crippen molar-refractivity contribution in [1.82, 2.24) is 20.4 Å². The van der Waals surface area contributed by atoms with Crippen LogP contribution in [0.5, 0.6) is 11.5 Å². The summed E-state index contributed by atoms with van der Waals surface area (Å²) in [5.74, 6) is -0.993. The van der Waals surface area contributed by atoms with Gasteiger partial charge in [-0.3, -0.25) is 4.68 Å². The lowest BCUT2D eigenvalue weighted by molar-refractivity contribution is -0.275. The summed E-state index contributed by atoms with van der Waals surface area (Å²) in [7, 11) is -4.75. The highest BCUT2D eigenvalue weighted by Crippen LogP contribution is 2.38. The van der Waals surface area contributed by atoms with Crippen LogP contribution < -0.4 is 19.6 Å². The van der Waals surface area contributed by atoms with Gasteiger partial charge in [-0.1, -0.05) is 57.9 Å². The van der Waals surface area contributed by atoms with Gasteiger partial charge in [0.15, 0.2) is 11.5 Å². The molecular weight excluding hydrogens is 637 g/mol. The van der Waals surface area contributed by atoms with Crippen molar-refractivity contribution in [1.29, 1.82) is 0 Å². The van der Waals surface area contributed by atoms with Crippen molar-refractivity contribution in [3.8, 4) is 34.0 Å². The second-order valence-electron chi connectivity index (χ2n) is 9.82. The largest absolute Gasteiger partial charge is 0.573 e. The SMILES string of the molecule is Cc1ccc(OS(=O)(=O)c2ccc(Br)cc2OC(F)(F)F)c(-c2cc(-c3ccccc3)n(CCN[C@@H]3CCNC3)n2)c1. The molecule has 3 aromatic carbocycles. The molecule has 0 aliphatic carbocycles. The molecular formula is C29H28BrF3N4O4S. The summed E-state index contributed by atoms with van der Waals surface area (Å²) in [4.78, 5) is -0.766. The van der Waals surface area contributed by atoms with Gasteiger partial charge in [-0.05, 0) is 61.9 Å². The van der Waals surface area contributed by atoms with Crippen LogP contribution in [0.4, 0.5) is 13.2 Å². The van der Waals surface area contributed by atoms with Crippen LogP contribution in [0.3, 0.4) is 0 Å². The lowest BCUT2D eigenvalue weighted by atomic mass is 10.1. The molecule has 1 saturated heterocycles. The van der Waals surface area contributed by atoms with Crippen molar-refractivity contribution in [2.75, 3.05) is 19.6 Å². The molecule has 0 unspecified atom stereocenters. The van der Waals surface area contributed by atoms with E-state index in [9.17, 15) is 21.6 Å². The fourth-order valence-corrected chi connectivity index (χ4v) is 6.13. The quantitative estimate of drug-likeness (QED) is 0.204. The van der Waals surface area contributed by atoms with Crippen molar-refractivity contribution in [2.24, 2.45) is 0 Å². The second-order valence-corrected chi connectivity index (χ2v) is 12.3. The van der Waals surface area contributed by atoms with Crippen LogP contribution in [0.1, 0.15) is 12.0 Å². The van der Waals surface area contributed by atoms with Crippen LogP contribution in [-0.2, 0) is 16.7 Å². The fraction of sp³-hybridized carbons (Fsp3) is 0.276. The Kier molecular flexibility index (Phi) is 8.92. The minimum absolute atomic E-state index is 0.0825. The molecule has 0 bridgehead atoms. The molecule has 0 saturated carbocycles. The molecule has 1 aromatic heterocycles. The summed E-state index contributed by atoms with van der Waals surface area (Å²) in [5.41, 5.74) is 3.38. The molecule has 1 atom stereocenters. The number of aromatic nitrogens is 2. The number of nitrogens with zero attached hydrogens (tertiary/aromatic N) is 2. The third-order valence-electron chi connectivity index (χ3n) is 6.68. The van der Waals surface area contributed by atoms with E-state index >= 15 is 0 Å². The number of hydrogen-bond acceptors (Lipinski definition) is 7. The number of hydrogen-bond donors (Lipinski definition) is 2. The Morgan fingerprint density at radius 1 is 1.07 bits per heavy atom. The van der Waals surface area contributed by atoms with Gasteiger partial charge in [-0.2, -0.15) is 13.5 Å². The standard InChI is InChI=1S/C29H28BrF3N4O4S/c1-19-7-9-26(41-42(38,39)28-10-8-21(30)16-27(28)40-29(31,32)33)23(15-19)24-17-25(20-5-3-2-4-6-20)37(36-24)14-13-35-22-11-12-34-18-22/h2-10,15-17,22,34-35H,11-14,18H2,1H3/t22-/m1/s1. The third kappa shape index (κ3) is 7.33. The summed E-state index contributed by atoms with van der Waals surface area (Å²) in [6.07, 6.45) is -4.06. The maximum absolute atomic E-state index is 13.3. The first-order valence-corrected chi connectivity index (χ1v) is 15.4. The molecule has 1 aliphatic heterocycles. The molecule has 0 amide bonds. The number of rotatable bonds is 10. The van der Waals surface area contributed by atoms with Crippen molar-refractivity contribution in [2.45, 2.75) is 37.2 Å². The Morgan fingerprint density at radius 3 is 2.57 bits per heavy atom. The van der Waals surface area contributed by atoms with Crippen molar-refractivity contribution in [3.63, 3.8) is 0 Å². The number of alkyl halides is 3. The molecule has 8 nitrogen and oxygen atoms in total. The van der Waals surface area contributed by atoms with Gasteiger partial charge >= 0.3 is 16.5 Å². The molecule has 5 rings (SSSR count). The predicted molar refractivity (Wildman–Crippen MR) is 156 cm³/mol. The number of benzene rings is 3. The van der Waals surface area contributed by atoms with E-state index in [1.807, 2.05) is 48.0 Å². The Bertz CT molecular complexity index is 1660. The zero-order valence-electron chi connectivity index (χ0n) is 22.5. The molecule has 222 valence electrons. The average molecular weight is 666 g/mol. The number of halogens is 4. The first-order valence-electron chi connectivity index (χ1n) is 13.2. The van der Waals surface area contributed by atoms with Gasteiger partial charge in [0.2, 0.25) is 0 Å². The summed E-state index contributed by atoms with van der Waals surface area (Å²) in [6.45, 7) is 4.94. The zero-order chi connectivity index (χ0) is 29.9. The van der Waals surface area contributed by atoms with E-state index in [2.05, 4.69) is 31.3 Å². The molecule has 0 radical (unpaired) electrons. The van der Waals surface area contributed by atoms with Gasteiger partial charge in [0.25, 0.3) is 0 Å². The molecule has 1 fully saturated rings. The molecule has 4 aromatic rings. The smallest absolute Gasteiger partial charge is 0.404 e. The monoisotopic (exact) mass is 664 g/mol. The van der Waals surface area contributed by atoms with E-state index in [4.69, 9.17) is 9.28 Å². The number of nitrogens with one attached hydrogen (secondary N) is 2. The Balaban J connectivity index is 1.50. The molecule has 2 heterocycles. The van der Waals surface area contributed by atoms with Gasteiger partial charge in [0.05, 0.1) is 17.9 Å². The third-order valence-corrected chi connectivity index (χ3v) is 8.45. The highest BCUT2D eigenvalue weighted by Gasteiger charge is 2.35. The van der Waals surface area contributed by atoms with Crippen molar-refractivity contribution in [3.05, 3.63) is 82.8 Å². The van der Waals surface area contributed by atoms with E-state index in [1.165, 1.54) is 12.1 Å². The maximum atomic E-state index is 13.3. The average Bonchev–Trinajstić information content (AvgIpc) is 3.59. The van der Waals surface area contributed by atoms with E-state index in [0.29, 0.717) is 30.4 Å². The van der Waals surface area contributed by atoms with E-state index in [1.54, 1.807) is 12.1 Å². The molecule has 1 aliphatic rings. The van der Waals surface area contributed by atoms with Gasteiger partial charge in [0, 0.05) is 29.2 Å². The lowest BCUT2D eigenvalue weighted by Gasteiger charge is -2.15. The van der Waals surface area contributed by atoms with Crippen molar-refractivity contribution < 1.29 is 30.5 Å². The molecule has 13 heteroatoms. The molecule has 2 N–H and O–H groups in total. The summed E-state index contributed by atoms with van der Waals surface area (Å²) >= 11 is 3.05. The highest BCUT2D eigenvalue weighted by molar-refractivity contribution is 9.10. The summed E-state index contributed by atoms with van der Waals surface area (Å²) < 4.78 is 77.4. The summed E-state index contributed by atoms with van der Waals surface area (Å²) in [5, 5.41) is 11.7. The lowest BCUT2D eigenvalue weighted by Crippen LogP contribution is -2.33. The Morgan fingerprint density at radius 2 is 1.86 bits per heavy atom. The number of aryl methyl sites for hydroxylation is 1. The van der Waals surface area contributed by atoms with Crippen LogP contribution in [-0.4, -0.2) is 50.2 Å². The number of ether oxygens (including phenoxy) is 1. The fourth-order valence-electron chi connectivity index (χ4n) is 4.74. The van der Waals surface area contributed by atoms with E-state index in [0.717, 1.165) is 48.5 Å². The topological polar surface area (TPSA) is 94.5 Å². The van der Waals surface area contributed by atoms with Crippen LogP contribution in [0, 0.1) is 6.92 Å². The molecule has 0 spiro atoms. The van der Waals surface area contributed by atoms with Crippen LogP contribution >= 0.6 is 15.9 Å². The zero-order valence-corrected chi connectivity index (χ0v) is 24.9. The Labute approximate surface area is 250 Å². The van der Waals surface area contributed by atoms with Crippen molar-refractivity contribution >= 4 is 26.0 Å². The van der Waals surface area contributed by atoms with Gasteiger partial charge in [-0.15, -0.1) is 13.2 Å². The van der Waals surface area contributed by atoms with Crippen LogP contribution in [0.15, 0.2) is 82.2 Å². The highest BCUT2D eigenvalue weighted by atomic mass is 79.9. The summed E-state index contributed by atoms with van der Waals surface area (Å²) in [6, 6.07) is 19.9. The first kappa shape index (κ1) is 30.1.